The minimum Gasteiger partial charge on any atom is -0.491 e. The molecule has 0 spiro atoms. The van der Waals surface area contributed by atoms with Gasteiger partial charge in [0.05, 0.1) is 17.6 Å². The van der Waals surface area contributed by atoms with Gasteiger partial charge in [0.2, 0.25) is 0 Å². The number of hydrogen-bond acceptors (Lipinski definition) is 4. The first kappa shape index (κ1) is 12.8. The van der Waals surface area contributed by atoms with Crippen molar-refractivity contribution < 1.29 is 4.74 Å². The van der Waals surface area contributed by atoms with Crippen LogP contribution in [0.25, 0.3) is 10.8 Å². The lowest BCUT2D eigenvalue weighted by Gasteiger charge is -2.09. The first-order chi connectivity index (χ1) is 10.2. The minimum absolute atomic E-state index is 0.103. The van der Waals surface area contributed by atoms with Gasteiger partial charge in [-0.2, -0.15) is 5.10 Å². The van der Waals surface area contributed by atoms with Gasteiger partial charge in [-0.25, -0.2) is 4.68 Å². The zero-order valence-corrected chi connectivity index (χ0v) is 12.2. The summed E-state index contributed by atoms with van der Waals surface area (Å²) in [4.78, 5) is 14.7. The highest BCUT2D eigenvalue weighted by molar-refractivity contribution is 5.86. The van der Waals surface area contributed by atoms with Gasteiger partial charge in [0.25, 0.3) is 5.56 Å². The maximum Gasteiger partial charge on any atom is 0.278 e. The van der Waals surface area contributed by atoms with Crippen molar-refractivity contribution in [1.82, 2.24) is 14.7 Å². The fourth-order valence-corrected chi connectivity index (χ4v) is 2.79. The van der Waals surface area contributed by atoms with Crippen LogP contribution in [-0.2, 0) is 7.05 Å². The summed E-state index contributed by atoms with van der Waals surface area (Å²) >= 11 is 0. The molecule has 5 nitrogen and oxygen atoms in total. The Morgan fingerprint density at radius 1 is 1.38 bits per heavy atom. The Balaban J connectivity index is 1.51. The second-order valence-corrected chi connectivity index (χ2v) is 6.16. The van der Waals surface area contributed by atoms with Crippen LogP contribution in [0.4, 0.5) is 0 Å². The fraction of sp³-hybridized carbons (Fsp3) is 0.500. The topological polar surface area (TPSA) is 47.1 Å². The van der Waals surface area contributed by atoms with Gasteiger partial charge in [-0.3, -0.25) is 9.69 Å². The highest BCUT2D eigenvalue weighted by atomic mass is 16.5. The van der Waals surface area contributed by atoms with Crippen molar-refractivity contribution in [2.45, 2.75) is 18.9 Å². The summed E-state index contributed by atoms with van der Waals surface area (Å²) in [5.41, 5.74) is -0.103. The molecule has 2 fully saturated rings. The lowest BCUT2D eigenvalue weighted by atomic mass is 10.2. The second kappa shape index (κ2) is 4.84. The van der Waals surface area contributed by atoms with Crippen molar-refractivity contribution in [3.63, 3.8) is 0 Å². The van der Waals surface area contributed by atoms with Crippen molar-refractivity contribution in [3.05, 3.63) is 34.7 Å². The number of hydrogen-bond donors (Lipinski definition) is 0. The smallest absolute Gasteiger partial charge is 0.278 e. The van der Waals surface area contributed by atoms with E-state index in [0.29, 0.717) is 23.8 Å². The monoisotopic (exact) mass is 285 g/mol. The first-order valence-electron chi connectivity index (χ1n) is 7.54. The summed E-state index contributed by atoms with van der Waals surface area (Å²) in [7, 11) is 1.66. The molecule has 0 bridgehead atoms. The van der Waals surface area contributed by atoms with Crippen LogP contribution >= 0.6 is 0 Å². The predicted octanol–water partition coefficient (Wildman–Crippen LogP) is 1.41. The van der Waals surface area contributed by atoms with Gasteiger partial charge in [0.1, 0.15) is 12.4 Å². The molecule has 0 N–H and O–H groups in total. The van der Waals surface area contributed by atoms with Crippen LogP contribution in [0.15, 0.2) is 29.2 Å². The molecule has 21 heavy (non-hydrogen) atoms. The highest BCUT2D eigenvalue weighted by Crippen LogP contribution is 2.33. The number of benzene rings is 1. The van der Waals surface area contributed by atoms with E-state index in [0.717, 1.165) is 17.8 Å². The normalized spacial score (nSPS) is 24.2. The molecule has 0 amide bonds. The summed E-state index contributed by atoms with van der Waals surface area (Å²) in [5, 5.41) is 5.51. The molecule has 110 valence electrons. The molecule has 1 saturated heterocycles. The lowest BCUT2D eigenvalue weighted by molar-refractivity contribution is 0.295. The van der Waals surface area contributed by atoms with Gasteiger partial charge in [-0.05, 0) is 24.8 Å². The zero-order valence-electron chi connectivity index (χ0n) is 12.2. The Kier molecular flexibility index (Phi) is 2.96. The number of ether oxygens (including phenoxy) is 1. The molecule has 1 aromatic carbocycles. The van der Waals surface area contributed by atoms with Crippen LogP contribution in [0.2, 0.25) is 0 Å². The van der Waals surface area contributed by atoms with Crippen LogP contribution in [0.3, 0.4) is 0 Å². The van der Waals surface area contributed by atoms with E-state index < -0.39 is 0 Å². The Bertz CT molecular complexity index is 736. The third-order valence-electron chi connectivity index (χ3n) is 4.39. The SMILES string of the molecule is Cn1ncc2cccc(OCC3CN3CC3CC3)c2c1=O. The fourth-order valence-electron chi connectivity index (χ4n) is 2.79. The molecule has 4 rings (SSSR count). The average molecular weight is 285 g/mol. The van der Waals surface area contributed by atoms with Crippen LogP contribution in [-0.4, -0.2) is 40.4 Å². The number of fused-ring (bicyclic) bond motifs is 1. The van der Waals surface area contributed by atoms with Crippen molar-refractivity contribution >= 4 is 10.8 Å². The highest BCUT2D eigenvalue weighted by Gasteiger charge is 2.38. The summed E-state index contributed by atoms with van der Waals surface area (Å²) in [6.07, 6.45) is 4.48. The maximum absolute atomic E-state index is 12.2. The first-order valence-corrected chi connectivity index (χ1v) is 7.54. The van der Waals surface area contributed by atoms with E-state index in [-0.39, 0.29) is 5.56 Å². The van der Waals surface area contributed by atoms with Crippen molar-refractivity contribution in [2.75, 3.05) is 19.7 Å². The molecule has 5 heteroatoms. The summed E-state index contributed by atoms with van der Waals surface area (Å²) in [6, 6.07) is 6.20. The Hall–Kier alpha value is -1.88. The molecule has 1 aliphatic carbocycles. The standard InChI is InChI=1S/C16H19N3O2/c1-18-16(20)15-12(7-17-18)3-2-4-14(15)21-10-13-9-19(13)8-11-5-6-11/h2-4,7,11,13H,5-6,8-10H2,1H3. The Morgan fingerprint density at radius 2 is 2.24 bits per heavy atom. The van der Waals surface area contributed by atoms with E-state index in [4.69, 9.17) is 4.74 Å². The maximum atomic E-state index is 12.2. The number of nitrogens with zero attached hydrogens (tertiary/aromatic N) is 3. The molecule has 2 aromatic rings. The Labute approximate surface area is 123 Å². The molecular weight excluding hydrogens is 266 g/mol. The summed E-state index contributed by atoms with van der Waals surface area (Å²) < 4.78 is 7.28. The molecule has 0 radical (unpaired) electrons. The third-order valence-corrected chi connectivity index (χ3v) is 4.39. The van der Waals surface area contributed by atoms with Gasteiger partial charge in [0, 0.05) is 25.5 Å². The lowest BCUT2D eigenvalue weighted by Crippen LogP contribution is -2.20. The molecule has 1 aliphatic heterocycles. The van der Waals surface area contributed by atoms with Gasteiger partial charge in [-0.15, -0.1) is 0 Å². The van der Waals surface area contributed by atoms with Crippen LogP contribution < -0.4 is 10.3 Å². The quantitative estimate of drug-likeness (QED) is 0.779. The predicted molar refractivity (Wildman–Crippen MR) is 80.6 cm³/mol. The summed E-state index contributed by atoms with van der Waals surface area (Å²) in [5.74, 6) is 1.60. The zero-order chi connectivity index (χ0) is 14.4. The molecule has 1 saturated carbocycles. The van der Waals surface area contributed by atoms with E-state index >= 15 is 0 Å². The van der Waals surface area contributed by atoms with E-state index in [1.807, 2.05) is 18.2 Å². The Morgan fingerprint density at radius 3 is 3.05 bits per heavy atom. The molecule has 2 aliphatic rings. The molecule has 2 heterocycles. The van der Waals surface area contributed by atoms with E-state index in [9.17, 15) is 4.79 Å². The van der Waals surface area contributed by atoms with Gasteiger partial charge in [0.15, 0.2) is 0 Å². The average Bonchev–Trinajstić information content (AvgIpc) is 3.40. The van der Waals surface area contributed by atoms with Gasteiger partial charge >= 0.3 is 0 Å². The van der Waals surface area contributed by atoms with Crippen molar-refractivity contribution in [3.8, 4) is 5.75 Å². The molecule has 2 atom stereocenters. The van der Waals surface area contributed by atoms with Crippen LogP contribution in [0.5, 0.6) is 5.75 Å². The van der Waals surface area contributed by atoms with E-state index in [1.54, 1.807) is 13.2 Å². The van der Waals surface area contributed by atoms with Gasteiger partial charge < -0.3 is 4.74 Å². The number of aromatic nitrogens is 2. The largest absolute Gasteiger partial charge is 0.491 e. The second-order valence-electron chi connectivity index (χ2n) is 6.16. The third kappa shape index (κ3) is 2.53. The molecule has 1 aromatic heterocycles. The van der Waals surface area contributed by atoms with E-state index in [1.165, 1.54) is 24.1 Å². The van der Waals surface area contributed by atoms with Crippen molar-refractivity contribution in [1.29, 1.82) is 0 Å². The number of aryl methyl sites for hydroxylation is 1. The molecule has 2 unspecified atom stereocenters. The van der Waals surface area contributed by atoms with Crippen molar-refractivity contribution in [2.24, 2.45) is 13.0 Å². The summed E-state index contributed by atoms with van der Waals surface area (Å²) in [6.45, 7) is 3.01. The van der Waals surface area contributed by atoms with Crippen LogP contribution in [0, 0.1) is 5.92 Å². The minimum atomic E-state index is -0.103. The molecular formula is C16H19N3O2. The van der Waals surface area contributed by atoms with Gasteiger partial charge in [-0.1, -0.05) is 12.1 Å². The number of rotatable bonds is 5. The van der Waals surface area contributed by atoms with E-state index in [2.05, 4.69) is 10.00 Å². The van der Waals surface area contributed by atoms with Crippen LogP contribution in [0.1, 0.15) is 12.8 Å².